The third kappa shape index (κ3) is 8.77. The molecule has 1 aliphatic heterocycles. The summed E-state index contributed by atoms with van der Waals surface area (Å²) in [5, 5.41) is 0. The molecule has 2 bridgehead atoms. The Bertz CT molecular complexity index is 487. The topological polar surface area (TPSA) is 77.5 Å². The van der Waals surface area contributed by atoms with E-state index in [-0.39, 0.29) is 0 Å². The Morgan fingerprint density at radius 2 is 1.31 bits per heavy atom. The highest BCUT2D eigenvalue weighted by molar-refractivity contribution is 5.30. The molecule has 0 unspecified atom stereocenters. The van der Waals surface area contributed by atoms with E-state index in [1.807, 2.05) is 13.0 Å². The Morgan fingerprint density at radius 3 is 1.88 bits per heavy atom. The van der Waals surface area contributed by atoms with E-state index in [2.05, 4.69) is 4.98 Å². The van der Waals surface area contributed by atoms with Crippen molar-refractivity contribution in [1.82, 2.24) is 4.98 Å². The fourth-order valence-electron chi connectivity index (χ4n) is 2.14. The Balaban J connectivity index is 1.90. The van der Waals surface area contributed by atoms with E-state index < -0.39 is 0 Å². The van der Waals surface area contributed by atoms with Gasteiger partial charge in [0.1, 0.15) is 13.2 Å². The van der Waals surface area contributed by atoms with Crippen molar-refractivity contribution in [3.63, 3.8) is 0 Å². The number of hydrogen-bond donors (Lipinski definition) is 0. The average Bonchev–Trinajstić information content (AvgIpc) is 2.66. The van der Waals surface area contributed by atoms with Gasteiger partial charge in [-0.15, -0.1) is 0 Å². The lowest BCUT2D eigenvalue weighted by atomic mass is 10.3. The third-order valence-corrected chi connectivity index (χ3v) is 3.44. The second-order valence-electron chi connectivity index (χ2n) is 5.40. The van der Waals surface area contributed by atoms with Gasteiger partial charge < -0.3 is 33.2 Å². The van der Waals surface area contributed by atoms with Crippen molar-refractivity contribution in [3.05, 3.63) is 17.7 Å². The molecule has 0 fully saturated rings. The molecule has 1 aromatic heterocycles. The molecule has 0 saturated heterocycles. The molecule has 0 radical (unpaired) electrons. The summed E-state index contributed by atoms with van der Waals surface area (Å²) < 4.78 is 38.6. The van der Waals surface area contributed by atoms with Crippen LogP contribution in [0.2, 0.25) is 0 Å². The van der Waals surface area contributed by atoms with Gasteiger partial charge in [-0.1, -0.05) is 0 Å². The van der Waals surface area contributed by atoms with E-state index in [0.29, 0.717) is 91.0 Å². The second-order valence-corrected chi connectivity index (χ2v) is 5.40. The molecule has 148 valence electrons. The van der Waals surface area contributed by atoms with E-state index >= 15 is 0 Å². The quantitative estimate of drug-likeness (QED) is 0.790. The van der Waals surface area contributed by atoms with Crippen LogP contribution in [0.25, 0.3) is 0 Å². The molecule has 0 atom stereocenters. The van der Waals surface area contributed by atoms with Crippen LogP contribution in [0.1, 0.15) is 12.5 Å². The lowest BCUT2D eigenvalue weighted by Crippen LogP contribution is -2.14. The van der Waals surface area contributed by atoms with Crippen LogP contribution in [0.5, 0.6) is 11.8 Å². The van der Waals surface area contributed by atoms with Crippen molar-refractivity contribution in [2.45, 2.75) is 13.5 Å². The van der Waals surface area contributed by atoms with Crippen molar-refractivity contribution in [2.24, 2.45) is 0 Å². The first-order chi connectivity index (χ1) is 12.9. The minimum absolute atomic E-state index is 0.391. The van der Waals surface area contributed by atoms with Gasteiger partial charge in [0.15, 0.2) is 0 Å². The number of pyridine rings is 1. The van der Waals surface area contributed by atoms with Crippen LogP contribution < -0.4 is 9.47 Å². The Morgan fingerprint density at radius 1 is 0.769 bits per heavy atom. The van der Waals surface area contributed by atoms with Gasteiger partial charge in [-0.3, -0.25) is 0 Å². The van der Waals surface area contributed by atoms with Crippen LogP contribution >= 0.6 is 0 Å². The summed E-state index contributed by atoms with van der Waals surface area (Å²) in [6.07, 6.45) is 0. The molecule has 8 nitrogen and oxygen atoms in total. The second kappa shape index (κ2) is 13.7. The van der Waals surface area contributed by atoms with Crippen molar-refractivity contribution < 1.29 is 33.2 Å². The molecular weight excluding hydrogens is 342 g/mol. The summed E-state index contributed by atoms with van der Waals surface area (Å²) in [7, 11) is 0. The first-order valence-electron chi connectivity index (χ1n) is 9.04. The zero-order chi connectivity index (χ0) is 18.3. The Labute approximate surface area is 154 Å². The molecule has 0 N–H and O–H groups in total. The minimum Gasteiger partial charge on any atom is -0.475 e. The normalized spacial score (nSPS) is 18.7. The molecule has 1 aromatic rings. The number of nitrogens with zero attached hydrogens (tertiary/aromatic N) is 1. The van der Waals surface area contributed by atoms with E-state index in [4.69, 9.17) is 33.2 Å². The highest BCUT2D eigenvalue weighted by Gasteiger charge is 2.09. The van der Waals surface area contributed by atoms with Crippen molar-refractivity contribution >= 4 is 0 Å². The maximum Gasteiger partial charge on any atom is 0.222 e. The van der Waals surface area contributed by atoms with Crippen molar-refractivity contribution in [2.75, 3.05) is 72.7 Å². The number of aromatic nitrogens is 1. The average molecular weight is 371 g/mol. The standard InChI is InChI=1S/C18H29NO7/c1-2-20-15-16-3-4-17-19-18(16)26-14-12-24-10-8-22-6-5-21-7-9-23-11-13-25-17/h3-4H,2,5-15H2,1H3. The molecule has 1 aliphatic rings. The molecule has 0 amide bonds. The van der Waals surface area contributed by atoms with E-state index in [0.717, 1.165) is 5.56 Å². The molecule has 8 heteroatoms. The molecular formula is C18H29NO7. The smallest absolute Gasteiger partial charge is 0.222 e. The Kier molecular flexibility index (Phi) is 11.0. The summed E-state index contributed by atoms with van der Waals surface area (Å²) in [5.41, 5.74) is 0.877. The summed E-state index contributed by atoms with van der Waals surface area (Å²) in [6, 6.07) is 3.71. The monoisotopic (exact) mass is 371 g/mol. The van der Waals surface area contributed by atoms with Gasteiger partial charge in [-0.25, -0.2) is 0 Å². The summed E-state index contributed by atoms with van der Waals surface area (Å²) in [5.74, 6) is 0.996. The van der Waals surface area contributed by atoms with Gasteiger partial charge in [0.25, 0.3) is 0 Å². The molecule has 0 spiro atoms. The fraction of sp³-hybridized carbons (Fsp3) is 0.722. The fourth-order valence-corrected chi connectivity index (χ4v) is 2.14. The van der Waals surface area contributed by atoms with Gasteiger partial charge in [0, 0.05) is 18.2 Å². The van der Waals surface area contributed by atoms with Crippen molar-refractivity contribution in [1.29, 1.82) is 0 Å². The van der Waals surface area contributed by atoms with Crippen LogP contribution in [0, 0.1) is 0 Å². The zero-order valence-electron chi connectivity index (χ0n) is 15.4. The largest absolute Gasteiger partial charge is 0.475 e. The first-order valence-corrected chi connectivity index (χ1v) is 9.04. The van der Waals surface area contributed by atoms with Gasteiger partial charge in [-0.05, 0) is 13.0 Å². The van der Waals surface area contributed by atoms with Gasteiger partial charge in [-0.2, -0.15) is 4.98 Å². The zero-order valence-corrected chi connectivity index (χ0v) is 15.4. The van der Waals surface area contributed by atoms with E-state index in [9.17, 15) is 0 Å². The Hall–Kier alpha value is -1.45. The van der Waals surface area contributed by atoms with Crippen LogP contribution in [0.3, 0.4) is 0 Å². The highest BCUT2D eigenvalue weighted by Crippen LogP contribution is 2.21. The molecule has 2 rings (SSSR count). The number of rotatable bonds is 3. The SMILES string of the molecule is CCOCc1ccc2nc1OCCOCCOCCOCCOCCO2. The van der Waals surface area contributed by atoms with Crippen LogP contribution in [-0.2, 0) is 30.3 Å². The molecule has 0 aromatic carbocycles. The summed E-state index contributed by atoms with van der Waals surface area (Å²) in [4.78, 5) is 4.42. The minimum atomic E-state index is 0.391. The predicted octanol–water partition coefficient (Wildman–Crippen LogP) is 1.46. The molecule has 2 heterocycles. The van der Waals surface area contributed by atoms with Gasteiger partial charge in [0.2, 0.25) is 11.8 Å². The summed E-state index contributed by atoms with van der Waals surface area (Å²) in [6.45, 7) is 7.89. The van der Waals surface area contributed by atoms with Crippen LogP contribution in [0.4, 0.5) is 0 Å². The van der Waals surface area contributed by atoms with Crippen LogP contribution in [-0.4, -0.2) is 77.7 Å². The van der Waals surface area contributed by atoms with E-state index in [1.54, 1.807) is 6.07 Å². The van der Waals surface area contributed by atoms with Gasteiger partial charge >= 0.3 is 0 Å². The lowest BCUT2D eigenvalue weighted by Gasteiger charge is -2.13. The first kappa shape index (κ1) is 20.9. The summed E-state index contributed by atoms with van der Waals surface area (Å²) >= 11 is 0. The molecule has 0 saturated carbocycles. The third-order valence-electron chi connectivity index (χ3n) is 3.44. The maximum atomic E-state index is 5.75. The maximum absolute atomic E-state index is 5.75. The molecule has 26 heavy (non-hydrogen) atoms. The van der Waals surface area contributed by atoms with Crippen molar-refractivity contribution in [3.8, 4) is 11.8 Å². The number of hydrogen-bond acceptors (Lipinski definition) is 8. The number of ether oxygens (including phenoxy) is 7. The highest BCUT2D eigenvalue weighted by atomic mass is 16.6. The molecule has 0 aliphatic carbocycles. The predicted molar refractivity (Wildman–Crippen MR) is 93.8 cm³/mol. The number of fused-ring (bicyclic) bond motifs is 2. The van der Waals surface area contributed by atoms with Gasteiger partial charge in [0.05, 0.1) is 59.5 Å². The van der Waals surface area contributed by atoms with E-state index in [1.165, 1.54) is 0 Å². The van der Waals surface area contributed by atoms with Crippen LogP contribution in [0.15, 0.2) is 12.1 Å². The lowest BCUT2D eigenvalue weighted by molar-refractivity contribution is -0.00669.